The molecule has 5 heteroatoms. The van der Waals surface area contributed by atoms with Crippen LogP contribution in [0.5, 0.6) is 0 Å². The van der Waals surface area contributed by atoms with E-state index in [1.807, 2.05) is 12.1 Å². The number of fused-ring (bicyclic) bond motifs is 1. The Balaban J connectivity index is 1.88. The fourth-order valence-corrected chi connectivity index (χ4v) is 1.91. The largest absolute Gasteiger partial charge is 0.345 e. The number of nitrogens with zero attached hydrogens (tertiary/aromatic N) is 4. The molecule has 1 aliphatic heterocycles. The molecule has 16 heavy (non-hydrogen) atoms. The monoisotopic (exact) mass is 232 g/mol. The molecule has 0 amide bonds. The van der Waals surface area contributed by atoms with Crippen molar-refractivity contribution in [2.75, 3.05) is 4.90 Å². The van der Waals surface area contributed by atoms with Crippen LogP contribution in [0.15, 0.2) is 30.7 Å². The molecule has 0 aliphatic carbocycles. The van der Waals surface area contributed by atoms with Crippen LogP contribution in [0.3, 0.4) is 0 Å². The summed E-state index contributed by atoms with van der Waals surface area (Å²) in [7, 11) is 0. The number of hydrogen-bond donors (Lipinski definition) is 0. The summed E-state index contributed by atoms with van der Waals surface area (Å²) in [4.78, 5) is 15.0. The summed E-state index contributed by atoms with van der Waals surface area (Å²) in [6.07, 6.45) is 5.09. The van der Waals surface area contributed by atoms with E-state index < -0.39 is 0 Å². The van der Waals surface area contributed by atoms with E-state index in [-0.39, 0.29) is 0 Å². The number of hydrogen-bond acceptors (Lipinski definition) is 4. The first kappa shape index (κ1) is 9.54. The third-order valence-electron chi connectivity index (χ3n) is 2.58. The van der Waals surface area contributed by atoms with Gasteiger partial charge < -0.3 is 4.90 Å². The van der Waals surface area contributed by atoms with E-state index in [0.717, 1.165) is 30.3 Å². The standard InChI is InChI=1S/C11H9ClN4/c12-8-1-2-11(15-5-8)16-6-9-10(7-16)14-4-3-13-9/h1-5H,6-7H2. The molecular formula is C11H9ClN4. The number of rotatable bonds is 1. The van der Waals surface area contributed by atoms with E-state index in [2.05, 4.69) is 19.9 Å². The summed E-state index contributed by atoms with van der Waals surface area (Å²) < 4.78 is 0. The average molecular weight is 233 g/mol. The Bertz CT molecular complexity index is 487. The molecule has 0 atom stereocenters. The normalized spacial score (nSPS) is 13.9. The molecule has 0 saturated carbocycles. The SMILES string of the molecule is Clc1ccc(N2Cc3nccnc3C2)nc1. The second-order valence-electron chi connectivity index (χ2n) is 3.64. The molecule has 0 unspecified atom stereocenters. The molecule has 4 nitrogen and oxygen atoms in total. The van der Waals surface area contributed by atoms with E-state index in [1.165, 1.54) is 0 Å². The summed E-state index contributed by atoms with van der Waals surface area (Å²) in [6.45, 7) is 1.52. The van der Waals surface area contributed by atoms with Crippen molar-refractivity contribution in [3.8, 4) is 0 Å². The number of pyridine rings is 1. The molecule has 1 aliphatic rings. The van der Waals surface area contributed by atoms with Gasteiger partial charge in [0.25, 0.3) is 0 Å². The third-order valence-corrected chi connectivity index (χ3v) is 2.80. The quantitative estimate of drug-likeness (QED) is 0.755. The Morgan fingerprint density at radius 2 is 1.69 bits per heavy atom. The zero-order valence-electron chi connectivity index (χ0n) is 8.47. The minimum absolute atomic E-state index is 0.650. The lowest BCUT2D eigenvalue weighted by Crippen LogP contribution is -2.15. The highest BCUT2D eigenvalue weighted by atomic mass is 35.5. The first-order valence-electron chi connectivity index (χ1n) is 4.98. The van der Waals surface area contributed by atoms with Gasteiger partial charge in [0.2, 0.25) is 0 Å². The van der Waals surface area contributed by atoms with Gasteiger partial charge in [-0.25, -0.2) is 4.98 Å². The summed E-state index contributed by atoms with van der Waals surface area (Å²) in [6, 6.07) is 3.75. The Morgan fingerprint density at radius 3 is 2.25 bits per heavy atom. The molecule has 0 spiro atoms. The van der Waals surface area contributed by atoms with Gasteiger partial charge in [-0.2, -0.15) is 0 Å². The smallest absolute Gasteiger partial charge is 0.129 e. The Morgan fingerprint density at radius 1 is 1.00 bits per heavy atom. The van der Waals surface area contributed by atoms with Gasteiger partial charge in [-0.1, -0.05) is 11.6 Å². The predicted octanol–water partition coefficient (Wildman–Crippen LogP) is 2.05. The van der Waals surface area contributed by atoms with Crippen LogP contribution < -0.4 is 4.90 Å². The van der Waals surface area contributed by atoms with Crippen LogP contribution in [-0.2, 0) is 13.1 Å². The maximum absolute atomic E-state index is 5.80. The second-order valence-corrected chi connectivity index (χ2v) is 4.08. The lowest BCUT2D eigenvalue weighted by molar-refractivity contribution is 0.843. The van der Waals surface area contributed by atoms with Gasteiger partial charge in [0.1, 0.15) is 5.82 Å². The number of anilines is 1. The zero-order chi connectivity index (χ0) is 11.0. The van der Waals surface area contributed by atoms with E-state index in [4.69, 9.17) is 11.6 Å². The highest BCUT2D eigenvalue weighted by Crippen LogP contribution is 2.24. The molecule has 3 heterocycles. The van der Waals surface area contributed by atoms with Crippen LogP contribution in [0, 0.1) is 0 Å². The van der Waals surface area contributed by atoms with Gasteiger partial charge in [0.15, 0.2) is 0 Å². The van der Waals surface area contributed by atoms with Crippen LogP contribution in [-0.4, -0.2) is 15.0 Å². The van der Waals surface area contributed by atoms with Gasteiger partial charge in [0, 0.05) is 18.6 Å². The average Bonchev–Trinajstić information content (AvgIpc) is 2.73. The minimum atomic E-state index is 0.650. The first-order chi connectivity index (χ1) is 7.83. The first-order valence-corrected chi connectivity index (χ1v) is 5.36. The third kappa shape index (κ3) is 1.61. The molecule has 2 aromatic heterocycles. The van der Waals surface area contributed by atoms with E-state index in [9.17, 15) is 0 Å². The molecule has 0 saturated heterocycles. The summed E-state index contributed by atoms with van der Waals surface area (Å²) in [5.74, 6) is 0.907. The van der Waals surface area contributed by atoms with E-state index in [0.29, 0.717) is 5.02 Å². The summed E-state index contributed by atoms with van der Waals surface area (Å²) in [5, 5.41) is 0.650. The molecule has 0 fully saturated rings. The molecule has 0 aromatic carbocycles. The van der Waals surface area contributed by atoms with Crippen molar-refractivity contribution in [1.82, 2.24) is 15.0 Å². The molecule has 0 N–H and O–H groups in total. The lowest BCUT2D eigenvalue weighted by Gasteiger charge is -2.15. The van der Waals surface area contributed by atoms with Crippen LogP contribution in [0.25, 0.3) is 0 Å². The van der Waals surface area contributed by atoms with Crippen LogP contribution in [0.2, 0.25) is 5.02 Å². The van der Waals surface area contributed by atoms with Crippen molar-refractivity contribution >= 4 is 17.4 Å². The highest BCUT2D eigenvalue weighted by molar-refractivity contribution is 6.30. The topological polar surface area (TPSA) is 41.9 Å². The molecule has 0 bridgehead atoms. The van der Waals surface area contributed by atoms with Crippen molar-refractivity contribution in [3.63, 3.8) is 0 Å². The van der Waals surface area contributed by atoms with Crippen LogP contribution in [0.1, 0.15) is 11.4 Å². The number of aromatic nitrogens is 3. The van der Waals surface area contributed by atoms with Crippen LogP contribution >= 0.6 is 11.6 Å². The van der Waals surface area contributed by atoms with Crippen molar-refractivity contribution in [2.24, 2.45) is 0 Å². The van der Waals surface area contributed by atoms with Crippen molar-refractivity contribution in [1.29, 1.82) is 0 Å². The molecule has 80 valence electrons. The van der Waals surface area contributed by atoms with Gasteiger partial charge in [-0.3, -0.25) is 9.97 Å². The molecule has 0 radical (unpaired) electrons. The van der Waals surface area contributed by atoms with Crippen molar-refractivity contribution < 1.29 is 0 Å². The van der Waals surface area contributed by atoms with Crippen LogP contribution in [0.4, 0.5) is 5.82 Å². The van der Waals surface area contributed by atoms with Gasteiger partial charge >= 0.3 is 0 Å². The maximum Gasteiger partial charge on any atom is 0.129 e. The predicted molar refractivity (Wildman–Crippen MR) is 61.2 cm³/mol. The van der Waals surface area contributed by atoms with E-state index >= 15 is 0 Å². The summed E-state index contributed by atoms with van der Waals surface area (Å²) in [5.41, 5.74) is 2.05. The highest BCUT2D eigenvalue weighted by Gasteiger charge is 2.21. The molecule has 2 aromatic rings. The van der Waals surface area contributed by atoms with Gasteiger partial charge in [-0.15, -0.1) is 0 Å². The Hall–Kier alpha value is -1.68. The zero-order valence-corrected chi connectivity index (χ0v) is 9.22. The fraction of sp³-hybridized carbons (Fsp3) is 0.182. The molecular weight excluding hydrogens is 224 g/mol. The lowest BCUT2D eigenvalue weighted by atomic mass is 10.4. The van der Waals surface area contributed by atoms with Crippen molar-refractivity contribution in [3.05, 3.63) is 47.1 Å². The molecule has 3 rings (SSSR count). The Kier molecular flexibility index (Phi) is 2.22. The van der Waals surface area contributed by atoms with Crippen molar-refractivity contribution in [2.45, 2.75) is 13.1 Å². The Labute approximate surface area is 97.9 Å². The fourth-order valence-electron chi connectivity index (χ4n) is 1.79. The van der Waals surface area contributed by atoms with E-state index in [1.54, 1.807) is 18.6 Å². The second kappa shape index (κ2) is 3.72. The number of halogens is 1. The summed E-state index contributed by atoms with van der Waals surface area (Å²) >= 11 is 5.80. The minimum Gasteiger partial charge on any atom is -0.345 e. The van der Waals surface area contributed by atoms with Gasteiger partial charge in [-0.05, 0) is 12.1 Å². The maximum atomic E-state index is 5.80. The van der Waals surface area contributed by atoms with Gasteiger partial charge in [0.05, 0.1) is 29.5 Å².